The SMILES string of the molecule is Nc1[nH]c(=O)[nH]c(=O)c1N=Nc1ccc(S(=O)(=O)O)cc1. The molecule has 0 aliphatic carbocycles. The van der Waals surface area contributed by atoms with Crippen LogP contribution in [0.15, 0.2) is 49.0 Å². The summed E-state index contributed by atoms with van der Waals surface area (Å²) in [6.45, 7) is 0. The lowest BCUT2D eigenvalue weighted by Crippen LogP contribution is -2.23. The molecule has 0 unspecified atom stereocenters. The maximum atomic E-state index is 11.4. The second kappa shape index (κ2) is 5.30. The number of benzene rings is 1. The highest BCUT2D eigenvalue weighted by Gasteiger charge is 2.09. The zero-order valence-corrected chi connectivity index (χ0v) is 11.1. The summed E-state index contributed by atoms with van der Waals surface area (Å²) in [4.78, 5) is 26.1. The number of nitrogens with zero attached hydrogens (tertiary/aromatic N) is 2. The summed E-state index contributed by atoms with van der Waals surface area (Å²) in [5.41, 5.74) is 3.78. The maximum absolute atomic E-state index is 11.4. The maximum Gasteiger partial charge on any atom is 0.327 e. The van der Waals surface area contributed by atoms with Crippen molar-refractivity contribution < 1.29 is 13.0 Å². The van der Waals surface area contributed by atoms with E-state index >= 15 is 0 Å². The van der Waals surface area contributed by atoms with Gasteiger partial charge >= 0.3 is 5.69 Å². The molecule has 1 aromatic heterocycles. The first-order valence-electron chi connectivity index (χ1n) is 5.39. The van der Waals surface area contributed by atoms with E-state index in [0.29, 0.717) is 0 Å². The van der Waals surface area contributed by atoms with Crippen LogP contribution in [0, 0.1) is 0 Å². The smallest absolute Gasteiger partial charge is 0.327 e. The molecule has 0 amide bonds. The molecule has 0 radical (unpaired) electrons. The predicted octanol–water partition coefficient (Wildman–Crippen LogP) is 0.307. The summed E-state index contributed by atoms with van der Waals surface area (Å²) in [6, 6.07) is 4.76. The number of rotatable bonds is 3. The Labute approximate surface area is 117 Å². The molecule has 0 bridgehead atoms. The second-order valence-electron chi connectivity index (χ2n) is 3.84. The van der Waals surface area contributed by atoms with Crippen molar-refractivity contribution in [2.75, 3.05) is 5.73 Å². The number of hydrogen-bond acceptors (Lipinski definition) is 7. The first-order chi connectivity index (χ1) is 9.77. The predicted molar refractivity (Wildman–Crippen MR) is 72.5 cm³/mol. The van der Waals surface area contributed by atoms with Gasteiger partial charge in [0.25, 0.3) is 15.7 Å². The largest absolute Gasteiger partial charge is 0.383 e. The molecule has 21 heavy (non-hydrogen) atoms. The number of hydrogen-bond donors (Lipinski definition) is 4. The summed E-state index contributed by atoms with van der Waals surface area (Å²) in [5.74, 6) is -0.248. The van der Waals surface area contributed by atoms with Gasteiger partial charge in [-0.25, -0.2) is 4.79 Å². The number of aromatic amines is 2. The minimum absolute atomic E-state index is 0.215. The quantitative estimate of drug-likeness (QED) is 0.469. The van der Waals surface area contributed by atoms with Crippen LogP contribution in [0.25, 0.3) is 0 Å². The van der Waals surface area contributed by atoms with E-state index in [1.165, 1.54) is 12.1 Å². The molecule has 0 spiro atoms. The zero-order chi connectivity index (χ0) is 15.6. The molecule has 0 saturated carbocycles. The molecule has 1 heterocycles. The van der Waals surface area contributed by atoms with Crippen LogP contribution in [0.4, 0.5) is 17.2 Å². The van der Waals surface area contributed by atoms with E-state index in [-0.39, 0.29) is 22.1 Å². The van der Waals surface area contributed by atoms with E-state index in [2.05, 4.69) is 15.2 Å². The van der Waals surface area contributed by atoms with Crippen LogP contribution < -0.4 is 17.0 Å². The van der Waals surface area contributed by atoms with Crippen molar-refractivity contribution in [3.8, 4) is 0 Å². The summed E-state index contributed by atoms with van der Waals surface area (Å²) in [5, 5.41) is 7.26. The minimum atomic E-state index is -4.29. The molecule has 110 valence electrons. The number of H-pyrrole nitrogens is 2. The molecule has 0 aliphatic rings. The summed E-state index contributed by atoms with van der Waals surface area (Å²) in [6.07, 6.45) is 0. The molecule has 2 rings (SSSR count). The zero-order valence-electron chi connectivity index (χ0n) is 10.3. The first-order valence-corrected chi connectivity index (χ1v) is 6.83. The van der Waals surface area contributed by atoms with E-state index in [4.69, 9.17) is 10.3 Å². The number of nitrogens with two attached hydrogens (primary N) is 1. The molecule has 0 saturated heterocycles. The molecule has 10 nitrogen and oxygen atoms in total. The lowest BCUT2D eigenvalue weighted by atomic mass is 10.3. The van der Waals surface area contributed by atoms with Crippen molar-refractivity contribution in [1.29, 1.82) is 0 Å². The molecule has 11 heteroatoms. The van der Waals surface area contributed by atoms with E-state index < -0.39 is 21.4 Å². The Kier molecular flexibility index (Phi) is 3.69. The van der Waals surface area contributed by atoms with Gasteiger partial charge in [0.15, 0.2) is 5.69 Å². The van der Waals surface area contributed by atoms with E-state index in [1.54, 1.807) is 0 Å². The third kappa shape index (κ3) is 3.40. The van der Waals surface area contributed by atoms with Gasteiger partial charge in [0.2, 0.25) is 0 Å². The first kappa shape index (κ1) is 14.6. The number of azo groups is 1. The highest BCUT2D eigenvalue weighted by atomic mass is 32.2. The lowest BCUT2D eigenvalue weighted by Gasteiger charge is -1.98. The Hall–Kier alpha value is -2.79. The van der Waals surface area contributed by atoms with Crippen molar-refractivity contribution in [2.24, 2.45) is 10.2 Å². The number of nitrogen functional groups attached to an aromatic ring is 1. The Balaban J connectivity index is 2.35. The van der Waals surface area contributed by atoms with Gasteiger partial charge in [0, 0.05) is 0 Å². The van der Waals surface area contributed by atoms with Gasteiger partial charge in [0.05, 0.1) is 10.6 Å². The lowest BCUT2D eigenvalue weighted by molar-refractivity contribution is 0.483. The van der Waals surface area contributed by atoms with E-state index in [9.17, 15) is 18.0 Å². The van der Waals surface area contributed by atoms with Crippen molar-refractivity contribution >= 4 is 27.3 Å². The van der Waals surface area contributed by atoms with Crippen LogP contribution in [-0.4, -0.2) is 22.9 Å². The van der Waals surface area contributed by atoms with Crippen LogP contribution in [0.2, 0.25) is 0 Å². The average molecular weight is 311 g/mol. The van der Waals surface area contributed by atoms with Crippen molar-refractivity contribution in [3.05, 3.63) is 45.1 Å². The fourth-order valence-electron chi connectivity index (χ4n) is 1.39. The van der Waals surface area contributed by atoms with Gasteiger partial charge in [-0.3, -0.25) is 19.3 Å². The van der Waals surface area contributed by atoms with Crippen LogP contribution in [-0.2, 0) is 10.1 Å². The Morgan fingerprint density at radius 2 is 1.67 bits per heavy atom. The van der Waals surface area contributed by atoms with Crippen LogP contribution in [0.1, 0.15) is 0 Å². The Morgan fingerprint density at radius 3 is 2.19 bits per heavy atom. The standard InChI is InChI=1S/C10H9N5O5S/c11-8-7(9(16)13-10(17)12-8)15-14-5-1-3-6(4-2-5)21(18,19)20/h1-4H,(H,18,19,20)(H4,11,12,13,16,17). The van der Waals surface area contributed by atoms with E-state index in [1.807, 2.05) is 4.98 Å². The second-order valence-corrected chi connectivity index (χ2v) is 5.26. The Bertz CT molecular complexity index is 910. The van der Waals surface area contributed by atoms with Crippen LogP contribution in [0.3, 0.4) is 0 Å². The third-order valence-electron chi connectivity index (χ3n) is 2.35. The highest BCUT2D eigenvalue weighted by molar-refractivity contribution is 7.85. The average Bonchev–Trinajstić information content (AvgIpc) is 2.37. The molecule has 1 aromatic carbocycles. The molecule has 2 aromatic rings. The van der Waals surface area contributed by atoms with Crippen molar-refractivity contribution in [2.45, 2.75) is 4.90 Å². The monoisotopic (exact) mass is 311 g/mol. The van der Waals surface area contributed by atoms with Crippen molar-refractivity contribution in [3.63, 3.8) is 0 Å². The Morgan fingerprint density at radius 1 is 1.05 bits per heavy atom. The summed E-state index contributed by atoms with van der Waals surface area (Å²) < 4.78 is 30.5. The van der Waals surface area contributed by atoms with Gasteiger partial charge in [-0.1, -0.05) is 0 Å². The van der Waals surface area contributed by atoms with Gasteiger partial charge in [0.1, 0.15) is 5.82 Å². The number of nitrogens with one attached hydrogen (secondary N) is 2. The molecule has 0 aliphatic heterocycles. The number of anilines is 1. The van der Waals surface area contributed by atoms with Gasteiger partial charge in [-0.05, 0) is 24.3 Å². The van der Waals surface area contributed by atoms with E-state index in [0.717, 1.165) is 12.1 Å². The van der Waals surface area contributed by atoms with Crippen LogP contribution in [0.5, 0.6) is 0 Å². The van der Waals surface area contributed by atoms with Gasteiger partial charge in [-0.15, -0.1) is 5.11 Å². The normalized spacial score (nSPS) is 11.9. The topological polar surface area (TPSA) is 171 Å². The molecule has 0 fully saturated rings. The fourth-order valence-corrected chi connectivity index (χ4v) is 1.87. The van der Waals surface area contributed by atoms with Crippen molar-refractivity contribution in [1.82, 2.24) is 9.97 Å². The molecule has 0 atom stereocenters. The molecular formula is C10H9N5O5S. The highest BCUT2D eigenvalue weighted by Crippen LogP contribution is 2.19. The summed E-state index contributed by atoms with van der Waals surface area (Å²) >= 11 is 0. The van der Waals surface area contributed by atoms with Gasteiger partial charge in [-0.2, -0.15) is 13.5 Å². The third-order valence-corrected chi connectivity index (χ3v) is 3.21. The summed E-state index contributed by atoms with van der Waals surface area (Å²) in [7, 11) is -4.29. The van der Waals surface area contributed by atoms with Crippen LogP contribution >= 0.6 is 0 Å². The number of aromatic nitrogens is 2. The fraction of sp³-hybridized carbons (Fsp3) is 0. The molecular weight excluding hydrogens is 302 g/mol. The minimum Gasteiger partial charge on any atom is -0.383 e. The molecule has 5 N–H and O–H groups in total. The van der Waals surface area contributed by atoms with Gasteiger partial charge < -0.3 is 5.73 Å².